The number of urea groups is 1. The molecule has 0 aliphatic heterocycles. The first-order chi connectivity index (χ1) is 17.7. The number of aryl methyl sites for hydroxylation is 2. The van der Waals surface area contributed by atoms with E-state index in [0.29, 0.717) is 48.3 Å². The molecule has 196 valence electrons. The van der Waals surface area contributed by atoms with Crippen LogP contribution >= 0.6 is 0 Å². The zero-order valence-electron chi connectivity index (χ0n) is 21.3. The largest absolute Gasteiger partial charge is 0.481 e. The summed E-state index contributed by atoms with van der Waals surface area (Å²) in [5, 5.41) is 17.3. The molecule has 0 fully saturated rings. The second-order valence-corrected chi connectivity index (χ2v) is 9.30. The molecule has 4 N–H and O–H groups in total. The lowest BCUT2D eigenvalue weighted by Crippen LogP contribution is -2.31. The Labute approximate surface area is 215 Å². The number of aromatic nitrogens is 2. The first-order valence-corrected chi connectivity index (χ1v) is 12.2. The fourth-order valence-electron chi connectivity index (χ4n) is 3.73. The van der Waals surface area contributed by atoms with Gasteiger partial charge in [0.05, 0.1) is 12.1 Å². The van der Waals surface area contributed by atoms with Gasteiger partial charge in [-0.15, -0.1) is 0 Å². The number of carbonyl (C=O) groups is 3. The number of anilines is 2. The number of nitrogens with zero attached hydrogens (tertiary/aromatic N) is 2. The van der Waals surface area contributed by atoms with Gasteiger partial charge < -0.3 is 20.2 Å². The van der Waals surface area contributed by atoms with Crippen LogP contribution in [0.4, 0.5) is 16.3 Å². The number of nitrogens with one attached hydrogen (secondary N) is 3. The summed E-state index contributed by atoms with van der Waals surface area (Å²) in [4.78, 5) is 44.4. The standard InChI is InChI=1S/C27H33N5O5/c1-17(2)14-22(26-29-21(16-37-26)7-4-8-24(34)35)31-23(33)15-19-9-11-20(12-10-19)30-27(36)32-25-18(3)6-5-13-28-25/h5-6,9-13,16-17,22H,4,7-8,14-15H2,1-3H3,(H,31,33)(H,34,35)(H2,28,30,32,36). The monoisotopic (exact) mass is 507 g/mol. The van der Waals surface area contributed by atoms with E-state index in [2.05, 4.69) is 25.9 Å². The lowest BCUT2D eigenvalue weighted by Gasteiger charge is -2.18. The number of rotatable bonds is 12. The van der Waals surface area contributed by atoms with Crippen molar-refractivity contribution < 1.29 is 23.9 Å². The van der Waals surface area contributed by atoms with Crippen LogP contribution in [0.3, 0.4) is 0 Å². The fraction of sp³-hybridized carbons (Fsp3) is 0.370. The van der Waals surface area contributed by atoms with Gasteiger partial charge in [0.1, 0.15) is 18.1 Å². The van der Waals surface area contributed by atoms with Crippen LogP contribution in [0.1, 0.15) is 61.9 Å². The number of carboxylic acids is 1. The van der Waals surface area contributed by atoms with Crippen molar-refractivity contribution in [3.8, 4) is 0 Å². The lowest BCUT2D eigenvalue weighted by molar-refractivity contribution is -0.137. The predicted octanol–water partition coefficient (Wildman–Crippen LogP) is 4.88. The third-order valence-corrected chi connectivity index (χ3v) is 5.55. The molecule has 10 heteroatoms. The predicted molar refractivity (Wildman–Crippen MR) is 139 cm³/mol. The summed E-state index contributed by atoms with van der Waals surface area (Å²) >= 11 is 0. The van der Waals surface area contributed by atoms with Gasteiger partial charge >= 0.3 is 12.0 Å². The number of carboxylic acid groups (broad SMARTS) is 1. The van der Waals surface area contributed by atoms with E-state index in [-0.39, 0.29) is 24.8 Å². The molecule has 1 unspecified atom stereocenters. The molecule has 10 nitrogen and oxygen atoms in total. The summed E-state index contributed by atoms with van der Waals surface area (Å²) in [7, 11) is 0. The van der Waals surface area contributed by atoms with Crippen molar-refractivity contribution in [2.24, 2.45) is 5.92 Å². The van der Waals surface area contributed by atoms with E-state index in [0.717, 1.165) is 11.1 Å². The zero-order chi connectivity index (χ0) is 26.8. The summed E-state index contributed by atoms with van der Waals surface area (Å²) < 4.78 is 5.62. The molecular weight excluding hydrogens is 474 g/mol. The smallest absolute Gasteiger partial charge is 0.324 e. The SMILES string of the molecule is Cc1cccnc1NC(=O)Nc1ccc(CC(=O)NC(CC(C)C)c2nc(CCCC(=O)O)co2)cc1. The molecule has 0 aliphatic carbocycles. The molecule has 3 amide bonds. The van der Waals surface area contributed by atoms with Crippen molar-refractivity contribution in [3.05, 3.63) is 71.6 Å². The van der Waals surface area contributed by atoms with Gasteiger partial charge in [0.2, 0.25) is 11.8 Å². The van der Waals surface area contributed by atoms with Crippen molar-refractivity contribution in [2.75, 3.05) is 10.6 Å². The topological polar surface area (TPSA) is 146 Å². The molecule has 0 radical (unpaired) electrons. The molecule has 0 spiro atoms. The minimum Gasteiger partial charge on any atom is -0.481 e. The van der Waals surface area contributed by atoms with E-state index < -0.39 is 12.0 Å². The first-order valence-electron chi connectivity index (χ1n) is 12.2. The quantitative estimate of drug-likeness (QED) is 0.273. The van der Waals surface area contributed by atoms with E-state index in [1.54, 1.807) is 36.5 Å². The number of benzene rings is 1. The number of hydrogen-bond acceptors (Lipinski definition) is 6. The van der Waals surface area contributed by atoms with Crippen LogP contribution in [0.2, 0.25) is 0 Å². The number of oxazole rings is 1. The van der Waals surface area contributed by atoms with Gasteiger partial charge in [-0.25, -0.2) is 14.8 Å². The van der Waals surface area contributed by atoms with E-state index in [1.807, 2.05) is 26.8 Å². The van der Waals surface area contributed by atoms with Crippen LogP contribution in [0, 0.1) is 12.8 Å². The van der Waals surface area contributed by atoms with Gasteiger partial charge in [-0.2, -0.15) is 0 Å². The Bertz CT molecular complexity index is 1210. The van der Waals surface area contributed by atoms with Gasteiger partial charge in [-0.3, -0.25) is 14.9 Å². The van der Waals surface area contributed by atoms with Gasteiger partial charge in [-0.1, -0.05) is 32.0 Å². The number of carbonyl (C=O) groups excluding carboxylic acids is 2. The maximum absolute atomic E-state index is 12.8. The van der Waals surface area contributed by atoms with Crippen LogP contribution in [-0.4, -0.2) is 33.0 Å². The normalized spacial score (nSPS) is 11.7. The summed E-state index contributed by atoms with van der Waals surface area (Å²) in [5.41, 5.74) is 2.90. The lowest BCUT2D eigenvalue weighted by atomic mass is 10.0. The highest BCUT2D eigenvalue weighted by Gasteiger charge is 2.21. The maximum Gasteiger partial charge on any atom is 0.324 e. The van der Waals surface area contributed by atoms with Crippen molar-refractivity contribution in [2.45, 2.75) is 58.9 Å². The first kappa shape index (κ1) is 27.4. The van der Waals surface area contributed by atoms with Crippen molar-refractivity contribution in [3.63, 3.8) is 0 Å². The van der Waals surface area contributed by atoms with Crippen molar-refractivity contribution >= 4 is 29.4 Å². The molecule has 0 bridgehead atoms. The van der Waals surface area contributed by atoms with Crippen molar-refractivity contribution in [1.29, 1.82) is 0 Å². The minimum absolute atomic E-state index is 0.0667. The second-order valence-electron chi connectivity index (χ2n) is 9.30. The van der Waals surface area contributed by atoms with Crippen LogP contribution in [0.25, 0.3) is 0 Å². The number of hydrogen-bond donors (Lipinski definition) is 4. The van der Waals surface area contributed by atoms with E-state index >= 15 is 0 Å². The molecule has 0 aliphatic rings. The van der Waals surface area contributed by atoms with Crippen LogP contribution < -0.4 is 16.0 Å². The molecule has 3 aromatic rings. The minimum atomic E-state index is -0.847. The molecule has 0 saturated carbocycles. The Morgan fingerprint density at radius 2 is 1.84 bits per heavy atom. The molecule has 2 heterocycles. The Morgan fingerprint density at radius 1 is 1.08 bits per heavy atom. The van der Waals surface area contributed by atoms with Crippen molar-refractivity contribution in [1.82, 2.24) is 15.3 Å². The highest BCUT2D eigenvalue weighted by Crippen LogP contribution is 2.22. The number of amides is 3. The number of pyridine rings is 1. The van der Waals surface area contributed by atoms with Gasteiger partial charge in [0.25, 0.3) is 0 Å². The summed E-state index contributed by atoms with van der Waals surface area (Å²) in [6.45, 7) is 5.96. The van der Waals surface area contributed by atoms with Crippen LogP contribution in [0.5, 0.6) is 0 Å². The average molecular weight is 508 g/mol. The third-order valence-electron chi connectivity index (χ3n) is 5.55. The van der Waals surface area contributed by atoms with E-state index in [4.69, 9.17) is 9.52 Å². The highest BCUT2D eigenvalue weighted by molar-refractivity contribution is 5.99. The zero-order valence-corrected chi connectivity index (χ0v) is 21.3. The molecule has 3 rings (SSSR count). The van der Waals surface area contributed by atoms with Gasteiger partial charge in [0, 0.05) is 18.3 Å². The van der Waals surface area contributed by atoms with Gasteiger partial charge in [-0.05, 0) is 61.4 Å². The fourth-order valence-corrected chi connectivity index (χ4v) is 3.73. The molecule has 0 saturated heterocycles. The second kappa shape index (κ2) is 13.2. The van der Waals surface area contributed by atoms with E-state index in [1.165, 1.54) is 6.26 Å². The van der Waals surface area contributed by atoms with Crippen LogP contribution in [0.15, 0.2) is 53.3 Å². The third kappa shape index (κ3) is 9.06. The molecule has 2 aromatic heterocycles. The van der Waals surface area contributed by atoms with Gasteiger partial charge in [0.15, 0.2) is 0 Å². The average Bonchev–Trinajstić information content (AvgIpc) is 3.30. The summed E-state index contributed by atoms with van der Waals surface area (Å²) in [5.74, 6) is 0.170. The Morgan fingerprint density at radius 3 is 2.51 bits per heavy atom. The Balaban J connectivity index is 1.54. The number of aliphatic carboxylic acids is 1. The summed E-state index contributed by atoms with van der Waals surface area (Å²) in [6.07, 6.45) is 4.97. The molecule has 1 atom stereocenters. The maximum atomic E-state index is 12.8. The molecule has 1 aromatic carbocycles. The molecule has 37 heavy (non-hydrogen) atoms. The van der Waals surface area contributed by atoms with E-state index in [9.17, 15) is 14.4 Å². The highest BCUT2D eigenvalue weighted by atomic mass is 16.4. The Kier molecular flexibility index (Phi) is 9.76. The summed E-state index contributed by atoms with van der Waals surface area (Å²) in [6, 6.07) is 9.89. The van der Waals surface area contributed by atoms with Crippen LogP contribution in [-0.2, 0) is 22.4 Å². The molecular formula is C27H33N5O5. The Hall–Kier alpha value is -4.21.